The Balaban J connectivity index is 1.52. The normalized spacial score (nSPS) is 23.0. The molecule has 2 fully saturated rings. The summed E-state index contributed by atoms with van der Waals surface area (Å²) in [6.07, 6.45) is 4.92. The lowest BCUT2D eigenvalue weighted by Crippen LogP contribution is -2.39. The van der Waals surface area contributed by atoms with Crippen LogP contribution in [0, 0.1) is 0 Å². The van der Waals surface area contributed by atoms with Gasteiger partial charge >= 0.3 is 0 Å². The number of hydrogen-bond acceptors (Lipinski definition) is 3. The van der Waals surface area contributed by atoms with Crippen LogP contribution in [0.1, 0.15) is 42.7 Å². The Hall–Kier alpha value is -0.170. The van der Waals surface area contributed by atoms with Crippen molar-refractivity contribution in [2.24, 2.45) is 5.73 Å². The van der Waals surface area contributed by atoms with Crippen LogP contribution in [0.3, 0.4) is 0 Å². The zero-order valence-corrected chi connectivity index (χ0v) is 15.5. The molecular weight excluding hydrogens is 385 g/mol. The van der Waals surface area contributed by atoms with E-state index < -0.39 is 0 Å². The molecular formula is C18H28IN3. The summed E-state index contributed by atoms with van der Waals surface area (Å²) < 4.78 is 1.17. The first-order valence-electron chi connectivity index (χ1n) is 8.59. The number of rotatable bonds is 4. The summed E-state index contributed by atoms with van der Waals surface area (Å²) in [6.45, 7) is 5.89. The molecule has 0 aromatic heterocycles. The minimum absolute atomic E-state index is 0.423. The van der Waals surface area contributed by atoms with E-state index in [1.165, 1.54) is 41.6 Å². The van der Waals surface area contributed by atoms with Gasteiger partial charge < -0.3 is 5.73 Å². The summed E-state index contributed by atoms with van der Waals surface area (Å²) in [7, 11) is 0. The van der Waals surface area contributed by atoms with Crippen LogP contribution < -0.4 is 5.73 Å². The van der Waals surface area contributed by atoms with Gasteiger partial charge in [-0.3, -0.25) is 9.80 Å². The Morgan fingerprint density at radius 2 is 1.50 bits per heavy atom. The zero-order valence-electron chi connectivity index (χ0n) is 13.4. The van der Waals surface area contributed by atoms with Gasteiger partial charge in [-0.2, -0.15) is 0 Å². The molecule has 4 heteroatoms. The van der Waals surface area contributed by atoms with Crippen molar-refractivity contribution in [3.05, 3.63) is 35.4 Å². The van der Waals surface area contributed by atoms with Crippen LogP contribution in [0.25, 0.3) is 0 Å². The van der Waals surface area contributed by atoms with Crippen LogP contribution in [-0.2, 0) is 6.54 Å². The highest BCUT2D eigenvalue weighted by Gasteiger charge is 2.20. The number of nitrogens with two attached hydrogens (primary N) is 1. The number of benzene rings is 1. The molecule has 2 aliphatic rings. The minimum atomic E-state index is 0.423. The van der Waals surface area contributed by atoms with E-state index in [0.29, 0.717) is 6.04 Å². The fraction of sp³-hybridized carbons (Fsp3) is 0.667. The van der Waals surface area contributed by atoms with E-state index in [2.05, 4.69) is 56.7 Å². The topological polar surface area (TPSA) is 32.5 Å². The van der Waals surface area contributed by atoms with Crippen molar-refractivity contribution in [1.29, 1.82) is 0 Å². The lowest BCUT2D eigenvalue weighted by molar-refractivity contribution is 0.205. The Labute approximate surface area is 148 Å². The van der Waals surface area contributed by atoms with E-state index in [9.17, 15) is 0 Å². The molecule has 0 radical (unpaired) electrons. The van der Waals surface area contributed by atoms with Gasteiger partial charge in [0, 0.05) is 12.6 Å². The quantitative estimate of drug-likeness (QED) is 0.468. The third kappa shape index (κ3) is 4.43. The maximum absolute atomic E-state index is 5.98. The molecule has 0 saturated carbocycles. The van der Waals surface area contributed by atoms with E-state index in [4.69, 9.17) is 5.73 Å². The van der Waals surface area contributed by atoms with Crippen LogP contribution in [0.2, 0.25) is 0 Å². The average molecular weight is 413 g/mol. The second-order valence-corrected chi connectivity index (χ2v) is 7.55. The fourth-order valence-electron chi connectivity index (χ4n) is 3.65. The first kappa shape index (κ1) is 16.7. The maximum Gasteiger partial charge on any atom is 0.0505 e. The van der Waals surface area contributed by atoms with Crippen LogP contribution in [0.5, 0.6) is 0 Å². The fourth-order valence-corrected chi connectivity index (χ4v) is 4.33. The van der Waals surface area contributed by atoms with E-state index in [0.717, 1.165) is 38.4 Å². The predicted molar refractivity (Wildman–Crippen MR) is 101 cm³/mol. The van der Waals surface area contributed by atoms with Gasteiger partial charge in [0.05, 0.1) is 4.55 Å². The summed E-state index contributed by atoms with van der Waals surface area (Å²) in [6, 6.07) is 9.85. The molecule has 1 aromatic rings. The molecule has 0 bridgehead atoms. The molecule has 2 heterocycles. The molecule has 3 rings (SSSR count). The van der Waals surface area contributed by atoms with E-state index >= 15 is 0 Å². The van der Waals surface area contributed by atoms with Gasteiger partial charge in [-0.1, -0.05) is 46.9 Å². The zero-order chi connectivity index (χ0) is 15.4. The molecule has 3 nitrogen and oxygen atoms in total. The van der Waals surface area contributed by atoms with Gasteiger partial charge in [0.15, 0.2) is 0 Å². The van der Waals surface area contributed by atoms with Crippen LogP contribution in [-0.4, -0.2) is 46.6 Å². The molecule has 1 aromatic carbocycles. The highest BCUT2D eigenvalue weighted by Crippen LogP contribution is 2.28. The monoisotopic (exact) mass is 413 g/mol. The summed E-state index contributed by atoms with van der Waals surface area (Å²) in [4.78, 5) is 5.09. The van der Waals surface area contributed by atoms with Gasteiger partial charge in [0.2, 0.25) is 0 Å². The number of alkyl halides is 1. The van der Waals surface area contributed by atoms with Crippen molar-refractivity contribution < 1.29 is 0 Å². The maximum atomic E-state index is 5.98. The van der Waals surface area contributed by atoms with Gasteiger partial charge in [-0.25, -0.2) is 0 Å². The lowest BCUT2D eigenvalue weighted by Gasteiger charge is -2.31. The minimum Gasteiger partial charge on any atom is -0.328 e. The molecule has 0 atom stereocenters. The predicted octanol–water partition coefficient (Wildman–Crippen LogP) is 3.18. The number of likely N-dealkylation sites (tertiary alicyclic amines) is 2. The lowest BCUT2D eigenvalue weighted by atomic mass is 9.89. The van der Waals surface area contributed by atoms with E-state index in [1.807, 2.05) is 0 Å². The van der Waals surface area contributed by atoms with E-state index in [1.54, 1.807) is 0 Å². The Morgan fingerprint density at radius 3 is 2.09 bits per heavy atom. The molecule has 122 valence electrons. The number of halogens is 1. The molecule has 0 amide bonds. The molecule has 0 aliphatic carbocycles. The number of hydrogen-bond donors (Lipinski definition) is 1. The van der Waals surface area contributed by atoms with Crippen molar-refractivity contribution in [2.45, 2.75) is 44.2 Å². The SMILES string of the molecule is NC1CCN(Cc2ccc(C3CCN(CI)CC3)cc2)CC1. The van der Waals surface area contributed by atoms with Gasteiger partial charge in [0.1, 0.15) is 0 Å². The van der Waals surface area contributed by atoms with Crippen molar-refractivity contribution in [1.82, 2.24) is 9.80 Å². The van der Waals surface area contributed by atoms with Gasteiger partial charge in [-0.05, 0) is 68.9 Å². The second kappa shape index (κ2) is 8.08. The summed E-state index contributed by atoms with van der Waals surface area (Å²) in [5, 5.41) is 0. The standard InChI is InChI=1S/C18H28IN3/c19-14-22-9-5-17(6-10-22)16-3-1-15(2-4-16)13-21-11-7-18(20)8-12-21/h1-4,17-18H,5-14,20H2. The highest BCUT2D eigenvalue weighted by atomic mass is 127. The molecule has 2 aliphatic heterocycles. The van der Waals surface area contributed by atoms with Crippen molar-refractivity contribution in [3.8, 4) is 0 Å². The van der Waals surface area contributed by atoms with E-state index in [-0.39, 0.29) is 0 Å². The molecule has 2 saturated heterocycles. The smallest absolute Gasteiger partial charge is 0.0505 e. The molecule has 22 heavy (non-hydrogen) atoms. The van der Waals surface area contributed by atoms with Crippen LogP contribution in [0.15, 0.2) is 24.3 Å². The third-order valence-corrected chi connectivity index (χ3v) is 6.21. The first-order chi connectivity index (χ1) is 10.7. The molecule has 0 spiro atoms. The average Bonchev–Trinajstić information content (AvgIpc) is 2.58. The van der Waals surface area contributed by atoms with Gasteiger partial charge in [0.25, 0.3) is 0 Å². The van der Waals surface area contributed by atoms with Crippen molar-refractivity contribution in [3.63, 3.8) is 0 Å². The third-order valence-electron chi connectivity index (χ3n) is 5.25. The van der Waals surface area contributed by atoms with Crippen molar-refractivity contribution >= 4 is 22.6 Å². The number of piperidine rings is 2. The first-order valence-corrected chi connectivity index (χ1v) is 10.1. The second-order valence-electron chi connectivity index (χ2n) is 6.87. The number of nitrogens with zero attached hydrogens (tertiary/aromatic N) is 2. The summed E-state index contributed by atoms with van der Waals surface area (Å²) >= 11 is 2.47. The highest BCUT2D eigenvalue weighted by molar-refractivity contribution is 14.1. The summed E-state index contributed by atoms with van der Waals surface area (Å²) in [5.74, 6) is 0.765. The summed E-state index contributed by atoms with van der Waals surface area (Å²) in [5.41, 5.74) is 8.97. The van der Waals surface area contributed by atoms with Crippen LogP contribution in [0.4, 0.5) is 0 Å². The Bertz CT molecular complexity index is 446. The largest absolute Gasteiger partial charge is 0.328 e. The molecule has 2 N–H and O–H groups in total. The molecule has 0 unspecified atom stereocenters. The Morgan fingerprint density at radius 1 is 0.909 bits per heavy atom. The Kier molecular flexibility index (Phi) is 6.13. The van der Waals surface area contributed by atoms with Crippen LogP contribution >= 0.6 is 22.6 Å². The van der Waals surface area contributed by atoms with Crippen molar-refractivity contribution in [2.75, 3.05) is 30.7 Å². The van der Waals surface area contributed by atoms with Gasteiger partial charge in [-0.15, -0.1) is 0 Å².